The summed E-state index contributed by atoms with van der Waals surface area (Å²) >= 11 is 0. The molecule has 1 aromatic heterocycles. The molecule has 6 nitrogen and oxygen atoms in total. The van der Waals surface area contributed by atoms with Crippen LogP contribution in [0.4, 0.5) is 10.1 Å². The van der Waals surface area contributed by atoms with Crippen LogP contribution < -0.4 is 5.32 Å². The molecular weight excluding hydrogens is 283 g/mol. The molecule has 0 saturated heterocycles. The quantitative estimate of drug-likeness (QED) is 0.814. The average molecular weight is 298 g/mol. The molecule has 0 atom stereocenters. The Labute approximate surface area is 116 Å². The first-order chi connectivity index (χ1) is 9.47. The zero-order valence-electron chi connectivity index (χ0n) is 11.0. The predicted octanol–water partition coefficient (Wildman–Crippen LogP) is 1.32. The Morgan fingerprint density at radius 1 is 1.40 bits per heavy atom. The Kier molecular flexibility index (Phi) is 4.33. The van der Waals surface area contributed by atoms with E-state index in [9.17, 15) is 12.8 Å². The van der Waals surface area contributed by atoms with E-state index in [1.165, 1.54) is 12.1 Å². The van der Waals surface area contributed by atoms with Gasteiger partial charge in [-0.3, -0.25) is 4.68 Å². The van der Waals surface area contributed by atoms with E-state index in [1.807, 2.05) is 0 Å². The summed E-state index contributed by atoms with van der Waals surface area (Å²) < 4.78 is 38.0. The molecule has 1 aromatic carbocycles. The minimum atomic E-state index is -3.38. The molecule has 2 rings (SSSR count). The summed E-state index contributed by atoms with van der Waals surface area (Å²) in [6.45, 7) is 1.23. The minimum absolute atomic E-state index is 0.0248. The summed E-state index contributed by atoms with van der Waals surface area (Å²) in [5, 5.41) is 10.4. The number of halogens is 1. The molecule has 108 valence electrons. The molecule has 2 aromatic rings. The Morgan fingerprint density at radius 2 is 2.20 bits per heavy atom. The lowest BCUT2D eigenvalue weighted by Crippen LogP contribution is -2.08. The Bertz CT molecular complexity index is 671. The van der Waals surface area contributed by atoms with Crippen LogP contribution in [-0.4, -0.2) is 36.2 Å². The van der Waals surface area contributed by atoms with Crippen molar-refractivity contribution >= 4 is 15.5 Å². The van der Waals surface area contributed by atoms with Gasteiger partial charge in [-0.05, 0) is 24.6 Å². The van der Waals surface area contributed by atoms with Crippen LogP contribution in [0.5, 0.6) is 0 Å². The number of rotatable bonds is 6. The summed E-state index contributed by atoms with van der Waals surface area (Å²) in [4.78, 5) is -0.0248. The highest BCUT2D eigenvalue weighted by molar-refractivity contribution is 7.90. The molecule has 0 radical (unpaired) electrons. The van der Waals surface area contributed by atoms with Crippen molar-refractivity contribution in [3.63, 3.8) is 0 Å². The van der Waals surface area contributed by atoms with Gasteiger partial charge in [0.2, 0.25) is 0 Å². The van der Waals surface area contributed by atoms with Gasteiger partial charge in [-0.2, -0.15) is 0 Å². The number of hydrogen-bond acceptors (Lipinski definition) is 5. The molecular formula is C12H15FN4O2S. The van der Waals surface area contributed by atoms with E-state index in [1.54, 1.807) is 17.1 Å². The summed E-state index contributed by atoms with van der Waals surface area (Å²) in [5.74, 6) is -0.575. The topological polar surface area (TPSA) is 76.9 Å². The van der Waals surface area contributed by atoms with Crippen LogP contribution in [0.3, 0.4) is 0 Å². The van der Waals surface area contributed by atoms with Gasteiger partial charge in [-0.1, -0.05) is 5.21 Å². The number of nitrogens with one attached hydrogen (secondary N) is 1. The third-order valence-corrected chi connectivity index (χ3v) is 3.83. The molecule has 8 heteroatoms. The molecule has 0 aliphatic carbocycles. The number of anilines is 1. The number of hydrogen-bond donors (Lipinski definition) is 1. The third-order valence-electron chi connectivity index (χ3n) is 2.72. The van der Waals surface area contributed by atoms with E-state index in [4.69, 9.17) is 0 Å². The number of aromatic nitrogens is 3. The predicted molar refractivity (Wildman–Crippen MR) is 72.6 cm³/mol. The van der Waals surface area contributed by atoms with Gasteiger partial charge in [0.1, 0.15) is 5.82 Å². The van der Waals surface area contributed by atoms with Gasteiger partial charge in [-0.15, -0.1) is 5.10 Å². The maximum absolute atomic E-state index is 13.7. The average Bonchev–Trinajstić information content (AvgIpc) is 2.88. The zero-order chi connectivity index (χ0) is 14.6. The highest BCUT2D eigenvalue weighted by Crippen LogP contribution is 2.18. The van der Waals surface area contributed by atoms with Gasteiger partial charge >= 0.3 is 0 Å². The fraction of sp³-hybridized carbons (Fsp3) is 0.333. The first-order valence-corrected chi connectivity index (χ1v) is 7.93. The van der Waals surface area contributed by atoms with Crippen LogP contribution >= 0.6 is 0 Å². The molecule has 0 spiro atoms. The Balaban J connectivity index is 1.90. The molecule has 0 amide bonds. The van der Waals surface area contributed by atoms with Crippen molar-refractivity contribution < 1.29 is 12.8 Å². The Hall–Kier alpha value is -1.96. The molecule has 0 saturated carbocycles. The second-order valence-electron chi connectivity index (χ2n) is 4.36. The van der Waals surface area contributed by atoms with Gasteiger partial charge < -0.3 is 5.32 Å². The summed E-state index contributed by atoms with van der Waals surface area (Å²) in [5.41, 5.74) is 0.288. The van der Waals surface area contributed by atoms with Crippen LogP contribution in [0.15, 0.2) is 35.5 Å². The Morgan fingerprint density at radius 3 is 2.80 bits per heavy atom. The lowest BCUT2D eigenvalue weighted by molar-refractivity contribution is 0.567. The summed E-state index contributed by atoms with van der Waals surface area (Å²) in [7, 11) is -3.38. The van der Waals surface area contributed by atoms with Crippen LogP contribution in [0.1, 0.15) is 6.42 Å². The van der Waals surface area contributed by atoms with E-state index in [0.29, 0.717) is 13.1 Å². The van der Waals surface area contributed by atoms with Gasteiger partial charge in [-0.25, -0.2) is 12.8 Å². The van der Waals surface area contributed by atoms with E-state index >= 15 is 0 Å². The smallest absolute Gasteiger partial charge is 0.175 e. The number of nitrogens with zero attached hydrogens (tertiary/aromatic N) is 3. The maximum Gasteiger partial charge on any atom is 0.175 e. The SMILES string of the molecule is CS(=O)(=O)c1ccc(NCCCn2ccnn2)c(F)c1. The van der Waals surface area contributed by atoms with E-state index < -0.39 is 15.7 Å². The van der Waals surface area contributed by atoms with E-state index in [2.05, 4.69) is 15.6 Å². The maximum atomic E-state index is 13.7. The highest BCUT2D eigenvalue weighted by Gasteiger charge is 2.10. The fourth-order valence-corrected chi connectivity index (χ4v) is 2.32. The van der Waals surface area contributed by atoms with Gasteiger partial charge in [0.25, 0.3) is 0 Å². The lowest BCUT2D eigenvalue weighted by atomic mass is 10.3. The van der Waals surface area contributed by atoms with Gasteiger partial charge in [0, 0.05) is 25.5 Å². The normalized spacial score (nSPS) is 11.5. The van der Waals surface area contributed by atoms with Crippen molar-refractivity contribution in [3.8, 4) is 0 Å². The largest absolute Gasteiger partial charge is 0.383 e. The standard InChI is InChI=1S/C12H15FN4O2S/c1-20(18,19)10-3-4-12(11(13)9-10)14-5-2-7-17-8-6-15-16-17/h3-4,6,8-9,14H,2,5,7H2,1H3. The van der Waals surface area contributed by atoms with E-state index in [-0.39, 0.29) is 10.6 Å². The minimum Gasteiger partial charge on any atom is -0.383 e. The number of sulfone groups is 1. The van der Waals surface area contributed by atoms with Crippen molar-refractivity contribution in [2.45, 2.75) is 17.9 Å². The van der Waals surface area contributed by atoms with Crippen molar-refractivity contribution in [1.29, 1.82) is 0 Å². The van der Waals surface area contributed by atoms with Gasteiger partial charge in [0.05, 0.1) is 16.8 Å². The number of aryl methyl sites for hydroxylation is 1. The molecule has 0 bridgehead atoms. The molecule has 0 aliphatic rings. The fourth-order valence-electron chi connectivity index (χ4n) is 1.69. The van der Waals surface area contributed by atoms with E-state index in [0.717, 1.165) is 18.7 Å². The first-order valence-electron chi connectivity index (χ1n) is 6.04. The van der Waals surface area contributed by atoms with Gasteiger partial charge in [0.15, 0.2) is 9.84 Å². The van der Waals surface area contributed by atoms with Crippen molar-refractivity contribution in [2.75, 3.05) is 18.1 Å². The number of benzene rings is 1. The van der Waals surface area contributed by atoms with Crippen LogP contribution in [0.2, 0.25) is 0 Å². The zero-order valence-corrected chi connectivity index (χ0v) is 11.8. The molecule has 20 heavy (non-hydrogen) atoms. The first kappa shape index (κ1) is 14.4. The molecule has 0 fully saturated rings. The molecule has 0 aliphatic heterocycles. The molecule has 1 heterocycles. The van der Waals surface area contributed by atoms with Crippen LogP contribution in [-0.2, 0) is 16.4 Å². The summed E-state index contributed by atoms with van der Waals surface area (Å²) in [6.07, 6.45) is 5.14. The van der Waals surface area contributed by atoms with Crippen molar-refractivity contribution in [2.24, 2.45) is 0 Å². The molecule has 0 unspecified atom stereocenters. The monoisotopic (exact) mass is 298 g/mol. The van der Waals surface area contributed by atoms with Crippen molar-refractivity contribution in [3.05, 3.63) is 36.4 Å². The van der Waals surface area contributed by atoms with Crippen LogP contribution in [0.25, 0.3) is 0 Å². The summed E-state index contributed by atoms with van der Waals surface area (Å²) in [6, 6.07) is 3.84. The highest BCUT2D eigenvalue weighted by atomic mass is 32.2. The lowest BCUT2D eigenvalue weighted by Gasteiger charge is -2.08. The third kappa shape index (κ3) is 3.77. The second-order valence-corrected chi connectivity index (χ2v) is 6.38. The van der Waals surface area contributed by atoms with Crippen molar-refractivity contribution in [1.82, 2.24) is 15.0 Å². The second kappa shape index (κ2) is 6.00. The molecule has 1 N–H and O–H groups in total. The van der Waals surface area contributed by atoms with Crippen LogP contribution in [0, 0.1) is 5.82 Å².